The van der Waals surface area contributed by atoms with Crippen molar-refractivity contribution in [2.45, 2.75) is 33.4 Å². The maximum absolute atomic E-state index is 11.6. The van der Waals surface area contributed by atoms with Crippen LogP contribution < -0.4 is 5.73 Å². The van der Waals surface area contributed by atoms with Crippen LogP contribution in [0.4, 0.5) is 0 Å². The van der Waals surface area contributed by atoms with Gasteiger partial charge in [0.2, 0.25) is 0 Å². The summed E-state index contributed by atoms with van der Waals surface area (Å²) in [6, 6.07) is 3.66. The largest absolute Gasteiger partial charge is 0.478 e. The van der Waals surface area contributed by atoms with Crippen LogP contribution in [0.1, 0.15) is 40.2 Å². The first kappa shape index (κ1) is 14.6. The molecule has 0 aliphatic rings. The fourth-order valence-corrected chi connectivity index (χ4v) is 2.90. The van der Waals surface area contributed by atoms with Gasteiger partial charge in [-0.05, 0) is 26.3 Å². The highest BCUT2D eigenvalue weighted by Gasteiger charge is 2.23. The second-order valence-corrected chi connectivity index (χ2v) is 5.07. The third-order valence-electron chi connectivity index (χ3n) is 3.73. The third kappa shape index (κ3) is 2.09. The molecule has 1 unspecified atom stereocenters. The van der Waals surface area contributed by atoms with Crippen molar-refractivity contribution in [3.05, 3.63) is 34.5 Å². The number of hydrogen-bond acceptors (Lipinski definition) is 3. The highest BCUT2D eigenvalue weighted by Crippen LogP contribution is 2.34. The van der Waals surface area contributed by atoms with E-state index in [0.717, 1.165) is 16.6 Å². The van der Waals surface area contributed by atoms with Gasteiger partial charge in [0.25, 0.3) is 0 Å². The Kier molecular flexibility index (Phi) is 3.83. The van der Waals surface area contributed by atoms with Crippen molar-refractivity contribution in [1.82, 2.24) is 4.57 Å². The van der Waals surface area contributed by atoms with E-state index in [1.807, 2.05) is 17.6 Å². The van der Waals surface area contributed by atoms with Gasteiger partial charge in [0, 0.05) is 29.7 Å². The maximum atomic E-state index is 11.6. The molecular weight excluding hydrogens is 256 g/mol. The number of carboxylic acid groups (broad SMARTS) is 1. The van der Waals surface area contributed by atoms with Crippen molar-refractivity contribution in [2.75, 3.05) is 6.54 Å². The summed E-state index contributed by atoms with van der Waals surface area (Å²) in [5, 5.41) is 20.3. The zero-order valence-electron chi connectivity index (χ0n) is 12.0. The number of aliphatic hydroxyl groups is 1. The minimum atomic E-state index is -0.957. The molecule has 2 aromatic rings. The van der Waals surface area contributed by atoms with Crippen molar-refractivity contribution in [2.24, 2.45) is 5.73 Å². The molecule has 0 saturated carbocycles. The molecule has 1 aromatic carbocycles. The summed E-state index contributed by atoms with van der Waals surface area (Å²) in [6.07, 6.45) is -0.652. The van der Waals surface area contributed by atoms with Gasteiger partial charge in [0.05, 0.1) is 17.2 Å². The Labute approximate surface area is 117 Å². The van der Waals surface area contributed by atoms with Gasteiger partial charge < -0.3 is 20.5 Å². The predicted molar refractivity (Wildman–Crippen MR) is 78.1 cm³/mol. The summed E-state index contributed by atoms with van der Waals surface area (Å²) in [4.78, 5) is 11.6. The van der Waals surface area contributed by atoms with Crippen LogP contribution in [0.25, 0.3) is 10.9 Å². The van der Waals surface area contributed by atoms with E-state index in [2.05, 4.69) is 0 Å². The number of nitrogens with zero attached hydrogens (tertiary/aromatic N) is 1. The Bertz CT molecular complexity index is 672. The molecule has 0 radical (unpaired) electrons. The number of fused-ring (bicyclic) bond motifs is 1. The Balaban J connectivity index is 2.97. The lowest BCUT2D eigenvalue weighted by molar-refractivity contribution is 0.0698. The number of aryl methyl sites for hydroxylation is 1. The first-order valence-corrected chi connectivity index (χ1v) is 6.63. The van der Waals surface area contributed by atoms with E-state index >= 15 is 0 Å². The van der Waals surface area contributed by atoms with E-state index in [-0.39, 0.29) is 5.56 Å². The quantitative estimate of drug-likeness (QED) is 0.796. The number of hydrogen-bond donors (Lipinski definition) is 3. The monoisotopic (exact) mass is 276 g/mol. The molecule has 0 aliphatic carbocycles. The maximum Gasteiger partial charge on any atom is 0.338 e. The molecule has 20 heavy (non-hydrogen) atoms. The summed E-state index contributed by atoms with van der Waals surface area (Å²) >= 11 is 0. The van der Waals surface area contributed by atoms with E-state index in [4.69, 9.17) is 5.73 Å². The molecule has 2 rings (SSSR count). The number of aliphatic hydroxyl groups excluding tert-OH is 1. The highest BCUT2D eigenvalue weighted by atomic mass is 16.4. The molecule has 0 saturated heterocycles. The lowest BCUT2D eigenvalue weighted by atomic mass is 10.0. The molecule has 0 bridgehead atoms. The molecule has 0 fully saturated rings. The Morgan fingerprint density at radius 2 is 2.05 bits per heavy atom. The normalized spacial score (nSPS) is 12.8. The Hall–Kier alpha value is -1.85. The summed E-state index contributed by atoms with van der Waals surface area (Å²) in [5.74, 6) is -0.957. The van der Waals surface area contributed by atoms with Gasteiger partial charge in [0.1, 0.15) is 0 Å². The molecule has 0 spiro atoms. The van der Waals surface area contributed by atoms with Crippen LogP contribution in [0.5, 0.6) is 0 Å². The Morgan fingerprint density at radius 3 is 2.55 bits per heavy atom. The molecule has 1 heterocycles. The first-order chi connectivity index (χ1) is 9.40. The number of carbonyl (C=O) groups is 1. The number of carboxylic acids is 1. The molecule has 4 N–H and O–H groups in total. The van der Waals surface area contributed by atoms with Gasteiger partial charge in [-0.25, -0.2) is 4.79 Å². The van der Waals surface area contributed by atoms with E-state index in [1.54, 1.807) is 19.9 Å². The third-order valence-corrected chi connectivity index (χ3v) is 3.73. The number of rotatable bonds is 4. The molecular formula is C15H20N2O3. The van der Waals surface area contributed by atoms with E-state index in [9.17, 15) is 15.0 Å². The van der Waals surface area contributed by atoms with Crippen molar-refractivity contribution in [3.63, 3.8) is 0 Å². The minimum Gasteiger partial charge on any atom is -0.478 e. The molecule has 1 aromatic heterocycles. The van der Waals surface area contributed by atoms with E-state index in [0.29, 0.717) is 24.2 Å². The second-order valence-electron chi connectivity index (χ2n) is 5.07. The number of benzene rings is 1. The van der Waals surface area contributed by atoms with Gasteiger partial charge in [-0.3, -0.25) is 0 Å². The highest BCUT2D eigenvalue weighted by molar-refractivity contribution is 6.05. The minimum absolute atomic E-state index is 0.283. The zero-order chi connectivity index (χ0) is 15.0. The van der Waals surface area contributed by atoms with Gasteiger partial charge in [0.15, 0.2) is 0 Å². The molecule has 0 amide bonds. The average Bonchev–Trinajstić information content (AvgIpc) is 2.62. The van der Waals surface area contributed by atoms with Crippen molar-refractivity contribution in [1.29, 1.82) is 0 Å². The van der Waals surface area contributed by atoms with Gasteiger partial charge >= 0.3 is 5.97 Å². The van der Waals surface area contributed by atoms with E-state index < -0.39 is 12.1 Å². The van der Waals surface area contributed by atoms with Crippen LogP contribution in [0.2, 0.25) is 0 Å². The molecule has 5 heteroatoms. The Morgan fingerprint density at radius 1 is 1.40 bits per heavy atom. The standard InChI is InChI=1S/C15H20N2O3/c1-8-4-5-11-13(10(3)18)9(2)17(7-6-16)14(11)12(8)15(19)20/h4-5,10,18H,6-7,16H2,1-3H3,(H,19,20). The van der Waals surface area contributed by atoms with Crippen LogP contribution in [-0.4, -0.2) is 27.3 Å². The smallest absolute Gasteiger partial charge is 0.338 e. The first-order valence-electron chi connectivity index (χ1n) is 6.63. The van der Waals surface area contributed by atoms with Crippen molar-refractivity contribution >= 4 is 16.9 Å². The number of nitrogens with two attached hydrogens (primary N) is 1. The van der Waals surface area contributed by atoms with Gasteiger partial charge in [-0.15, -0.1) is 0 Å². The summed E-state index contributed by atoms with van der Waals surface area (Å²) in [6.45, 7) is 6.29. The summed E-state index contributed by atoms with van der Waals surface area (Å²) in [5.41, 5.74) is 8.92. The van der Waals surface area contributed by atoms with Crippen molar-refractivity contribution < 1.29 is 15.0 Å². The van der Waals surface area contributed by atoms with E-state index in [1.165, 1.54) is 0 Å². The lowest BCUT2D eigenvalue weighted by Gasteiger charge is -2.10. The molecule has 1 atom stereocenters. The van der Waals surface area contributed by atoms with Crippen LogP contribution in [-0.2, 0) is 6.54 Å². The molecule has 108 valence electrons. The van der Waals surface area contributed by atoms with Crippen LogP contribution in [0.15, 0.2) is 12.1 Å². The van der Waals surface area contributed by atoms with Crippen LogP contribution in [0, 0.1) is 13.8 Å². The fourth-order valence-electron chi connectivity index (χ4n) is 2.90. The van der Waals surface area contributed by atoms with Crippen LogP contribution in [0.3, 0.4) is 0 Å². The predicted octanol–water partition coefficient (Wildman–Crippen LogP) is 1.97. The summed E-state index contributed by atoms with van der Waals surface area (Å²) in [7, 11) is 0. The van der Waals surface area contributed by atoms with Gasteiger partial charge in [-0.2, -0.15) is 0 Å². The van der Waals surface area contributed by atoms with Gasteiger partial charge in [-0.1, -0.05) is 12.1 Å². The SMILES string of the molecule is Cc1ccc2c(C(C)O)c(C)n(CCN)c2c1C(=O)O. The van der Waals surface area contributed by atoms with Crippen LogP contribution >= 0.6 is 0 Å². The fraction of sp³-hybridized carbons (Fsp3) is 0.400. The summed E-state index contributed by atoms with van der Waals surface area (Å²) < 4.78 is 1.90. The molecule has 5 nitrogen and oxygen atoms in total. The average molecular weight is 276 g/mol. The topological polar surface area (TPSA) is 88.5 Å². The second kappa shape index (κ2) is 5.26. The lowest BCUT2D eigenvalue weighted by Crippen LogP contribution is -2.13. The zero-order valence-corrected chi connectivity index (χ0v) is 12.0. The van der Waals surface area contributed by atoms with Crippen molar-refractivity contribution in [3.8, 4) is 0 Å². The molecule has 0 aliphatic heterocycles. The number of aromatic carboxylic acids is 1. The number of aromatic nitrogens is 1.